The zero-order valence-electron chi connectivity index (χ0n) is 35.0. The lowest BCUT2D eigenvalue weighted by Gasteiger charge is -2.60. The summed E-state index contributed by atoms with van der Waals surface area (Å²) in [6, 6.07) is 0. The molecular weight excluding hydrogens is 673 g/mol. The standard InChI is InChI=1S/C46H78N4O4/c1-6-18-48(19-7-2)20-11-21-49-22-12-23-50(26-25-49)24-17-47-31-41-37(35-13-9-8-10-14-35)28-42(54-41)45-30-38-34(5)15-16-39(38)44(32-51)29-36(45)27-40(33(3)4)46(44,45)43(52)53/h27,32-39,41-42,47H,6-26,28-31H2,1-5H3,(H,52,53)/t34-,36?,37+,38-,39-,41+,42-,44?,45?,46+/m1/s1. The Bertz CT molecular complexity index is 1310. The Morgan fingerprint density at radius 2 is 1.69 bits per heavy atom. The molecule has 4 saturated carbocycles. The first-order chi connectivity index (χ1) is 26.2. The number of carbonyl (C=O) groups excluding carboxylic acids is 1. The van der Waals surface area contributed by atoms with Crippen LogP contribution in [0.25, 0.3) is 0 Å². The van der Waals surface area contributed by atoms with E-state index in [1.807, 2.05) is 0 Å². The minimum Gasteiger partial charge on any atom is -0.481 e. The van der Waals surface area contributed by atoms with Gasteiger partial charge >= 0.3 is 5.97 Å². The third-order valence-corrected chi connectivity index (χ3v) is 16.8. The molecule has 2 saturated heterocycles. The van der Waals surface area contributed by atoms with Gasteiger partial charge in [-0.15, -0.1) is 0 Å². The molecule has 0 amide bonds. The van der Waals surface area contributed by atoms with Crippen molar-refractivity contribution in [3.63, 3.8) is 0 Å². The Kier molecular flexibility index (Phi) is 13.1. The number of nitrogens with zero attached hydrogens (tertiary/aromatic N) is 3. The summed E-state index contributed by atoms with van der Waals surface area (Å²) in [4.78, 5) is 35.9. The van der Waals surface area contributed by atoms with E-state index in [1.165, 1.54) is 110 Å². The number of carboxylic acids is 1. The fourth-order valence-corrected chi connectivity index (χ4v) is 14.6. The molecule has 0 radical (unpaired) electrons. The summed E-state index contributed by atoms with van der Waals surface area (Å²) in [5, 5.41) is 15.6. The highest BCUT2D eigenvalue weighted by Gasteiger charge is 2.86. The molecule has 8 nitrogen and oxygen atoms in total. The molecule has 0 aromatic heterocycles. The van der Waals surface area contributed by atoms with Crippen molar-refractivity contribution in [2.45, 2.75) is 137 Å². The Morgan fingerprint density at radius 3 is 2.35 bits per heavy atom. The van der Waals surface area contributed by atoms with Crippen molar-refractivity contribution < 1.29 is 19.4 Å². The number of carboxylic acid groups (broad SMARTS) is 1. The van der Waals surface area contributed by atoms with Crippen LogP contribution in [0.2, 0.25) is 0 Å². The van der Waals surface area contributed by atoms with Gasteiger partial charge in [0.25, 0.3) is 0 Å². The second kappa shape index (κ2) is 17.3. The molecule has 2 aliphatic heterocycles. The lowest BCUT2D eigenvalue weighted by molar-refractivity contribution is -0.197. The molecule has 7 aliphatic rings. The van der Waals surface area contributed by atoms with E-state index in [9.17, 15) is 14.7 Å². The van der Waals surface area contributed by atoms with E-state index in [1.54, 1.807) is 0 Å². The van der Waals surface area contributed by atoms with Gasteiger partial charge < -0.3 is 34.7 Å². The molecule has 54 heavy (non-hydrogen) atoms. The number of hydrogen-bond acceptors (Lipinski definition) is 7. The van der Waals surface area contributed by atoms with E-state index in [0.717, 1.165) is 57.4 Å². The van der Waals surface area contributed by atoms with Crippen LogP contribution in [0.1, 0.15) is 125 Å². The maximum atomic E-state index is 14.2. The molecule has 306 valence electrons. The van der Waals surface area contributed by atoms with Gasteiger partial charge in [0.05, 0.1) is 17.6 Å². The van der Waals surface area contributed by atoms with Gasteiger partial charge in [-0.2, -0.15) is 0 Å². The molecule has 8 heteroatoms. The summed E-state index contributed by atoms with van der Waals surface area (Å²) in [6.07, 6.45) is 19.7. The van der Waals surface area contributed by atoms with E-state index >= 15 is 0 Å². The van der Waals surface area contributed by atoms with Crippen LogP contribution in [-0.4, -0.2) is 116 Å². The lowest BCUT2D eigenvalue weighted by Crippen LogP contribution is -2.65. The smallest absolute Gasteiger partial charge is 0.315 e. The number of aldehydes is 1. The molecule has 0 aromatic carbocycles. The minimum absolute atomic E-state index is 0.0986. The van der Waals surface area contributed by atoms with Crippen LogP contribution in [0.5, 0.6) is 0 Å². The first kappa shape index (κ1) is 40.9. The molecule has 10 atom stereocenters. The Balaban J connectivity index is 1.03. The third kappa shape index (κ3) is 6.90. The van der Waals surface area contributed by atoms with E-state index in [2.05, 4.69) is 60.7 Å². The van der Waals surface area contributed by atoms with Crippen molar-refractivity contribution in [3.8, 4) is 0 Å². The summed E-state index contributed by atoms with van der Waals surface area (Å²) in [5.41, 5.74) is -1.47. The van der Waals surface area contributed by atoms with Crippen molar-refractivity contribution in [2.24, 2.45) is 57.7 Å². The largest absolute Gasteiger partial charge is 0.481 e. The first-order valence-corrected chi connectivity index (χ1v) is 23.1. The normalized spacial score (nSPS) is 40.1. The molecule has 0 spiro atoms. The highest BCUT2D eigenvalue weighted by Crippen LogP contribution is 2.84. The maximum Gasteiger partial charge on any atom is 0.315 e. The summed E-state index contributed by atoms with van der Waals surface area (Å²) in [6.45, 7) is 23.8. The number of hydrogen-bond donors (Lipinski definition) is 2. The SMILES string of the molecule is CCCN(CCC)CCCN1CCCN(CCNC[C@@H]2O[C@@H](C34C[C@@H]5[C@H](C)CC[C@H]5C5(C=O)CC3C=C(C(C)C)[C@]54C(=O)O)C[C@H]2C2CCCCC2)CC1. The highest BCUT2D eigenvalue weighted by atomic mass is 16.5. The molecule has 4 bridgehead atoms. The van der Waals surface area contributed by atoms with Gasteiger partial charge in [-0.1, -0.05) is 84.8 Å². The molecule has 3 unspecified atom stereocenters. The highest BCUT2D eigenvalue weighted by molar-refractivity contribution is 5.90. The van der Waals surface area contributed by atoms with Gasteiger partial charge in [0.1, 0.15) is 11.7 Å². The minimum atomic E-state index is -1.15. The maximum absolute atomic E-state index is 14.2. The fraction of sp³-hybridized carbons (Fsp3) is 0.913. The first-order valence-electron chi connectivity index (χ1n) is 23.1. The summed E-state index contributed by atoms with van der Waals surface area (Å²) < 4.78 is 7.46. The molecule has 6 fully saturated rings. The molecule has 2 N–H and O–H groups in total. The molecule has 5 aliphatic carbocycles. The molecular formula is C46H78N4O4. The van der Waals surface area contributed by atoms with Gasteiger partial charge in [0, 0.05) is 38.1 Å². The second-order valence-corrected chi connectivity index (χ2v) is 19.8. The van der Waals surface area contributed by atoms with Gasteiger partial charge in [-0.3, -0.25) is 4.79 Å². The summed E-state index contributed by atoms with van der Waals surface area (Å²) in [5.74, 6) is 1.67. The van der Waals surface area contributed by atoms with Crippen molar-refractivity contribution in [1.29, 1.82) is 0 Å². The quantitative estimate of drug-likeness (QED) is 0.0854. The number of carbonyl (C=O) groups is 2. The lowest BCUT2D eigenvalue weighted by atomic mass is 9.41. The van der Waals surface area contributed by atoms with Crippen LogP contribution < -0.4 is 5.32 Å². The van der Waals surface area contributed by atoms with Crippen molar-refractivity contribution in [3.05, 3.63) is 11.6 Å². The average molecular weight is 751 g/mol. The molecule has 0 aromatic rings. The fourth-order valence-electron chi connectivity index (χ4n) is 14.6. The zero-order valence-corrected chi connectivity index (χ0v) is 35.0. The third-order valence-electron chi connectivity index (χ3n) is 16.8. The van der Waals surface area contributed by atoms with E-state index in [4.69, 9.17) is 4.74 Å². The second-order valence-electron chi connectivity index (χ2n) is 19.8. The topological polar surface area (TPSA) is 85.4 Å². The van der Waals surface area contributed by atoms with Crippen molar-refractivity contribution in [2.75, 3.05) is 72.0 Å². The number of aliphatic carboxylic acids is 1. The Morgan fingerprint density at radius 1 is 0.963 bits per heavy atom. The van der Waals surface area contributed by atoms with E-state index in [-0.39, 0.29) is 30.0 Å². The summed E-state index contributed by atoms with van der Waals surface area (Å²) >= 11 is 0. The number of rotatable bonds is 18. The Labute approximate surface area is 328 Å². The number of fused-ring (bicyclic) bond motifs is 2. The van der Waals surface area contributed by atoms with Crippen LogP contribution in [0.3, 0.4) is 0 Å². The Hall–Kier alpha value is -1.32. The van der Waals surface area contributed by atoms with Crippen molar-refractivity contribution >= 4 is 12.3 Å². The van der Waals surface area contributed by atoms with Gasteiger partial charge in [0.2, 0.25) is 0 Å². The van der Waals surface area contributed by atoms with Crippen molar-refractivity contribution in [1.82, 2.24) is 20.0 Å². The zero-order chi connectivity index (χ0) is 38.1. The van der Waals surface area contributed by atoms with Crippen LogP contribution in [0, 0.1) is 57.7 Å². The number of allylic oxidation sites excluding steroid dienone is 1. The van der Waals surface area contributed by atoms with Gasteiger partial charge in [-0.25, -0.2) is 0 Å². The number of nitrogens with one attached hydrogen (secondary N) is 1. The predicted octanol–water partition coefficient (Wildman–Crippen LogP) is 7.37. The predicted molar refractivity (Wildman–Crippen MR) is 217 cm³/mol. The van der Waals surface area contributed by atoms with Crippen LogP contribution in [0.4, 0.5) is 0 Å². The van der Waals surface area contributed by atoms with E-state index < -0.39 is 22.2 Å². The van der Waals surface area contributed by atoms with Crippen LogP contribution >= 0.6 is 0 Å². The van der Waals surface area contributed by atoms with Crippen LogP contribution in [-0.2, 0) is 14.3 Å². The summed E-state index contributed by atoms with van der Waals surface area (Å²) in [7, 11) is 0. The number of ether oxygens (including phenoxy) is 1. The monoisotopic (exact) mass is 751 g/mol. The molecule has 7 rings (SSSR count). The van der Waals surface area contributed by atoms with Crippen LogP contribution in [0.15, 0.2) is 11.6 Å². The van der Waals surface area contributed by atoms with Gasteiger partial charge in [-0.05, 0) is 132 Å². The van der Waals surface area contributed by atoms with E-state index in [0.29, 0.717) is 30.1 Å². The molecule has 2 heterocycles. The average Bonchev–Trinajstić information content (AvgIpc) is 3.83. The van der Waals surface area contributed by atoms with Gasteiger partial charge in [0.15, 0.2) is 0 Å².